The van der Waals surface area contributed by atoms with E-state index in [2.05, 4.69) is 30.7 Å². The summed E-state index contributed by atoms with van der Waals surface area (Å²) in [5.41, 5.74) is 1.53. The zero-order chi connectivity index (χ0) is 21.2. The molecule has 1 heterocycles. The first kappa shape index (κ1) is 20.6. The number of carbonyl (C=O) groups excluding carboxylic acids is 1. The van der Waals surface area contributed by atoms with E-state index in [-0.39, 0.29) is 23.4 Å². The number of aromatic amines is 1. The maximum absolute atomic E-state index is 12.8. The van der Waals surface area contributed by atoms with Gasteiger partial charge >= 0.3 is 0 Å². The smallest absolute Gasteiger partial charge is 0.263 e. The molecule has 0 saturated carbocycles. The van der Waals surface area contributed by atoms with Gasteiger partial charge < -0.3 is 14.6 Å². The summed E-state index contributed by atoms with van der Waals surface area (Å²) in [6, 6.07) is 14.9. The Morgan fingerprint density at radius 1 is 1.17 bits per heavy atom. The molecule has 1 amide bonds. The molecule has 0 aliphatic rings. The SMILES string of the molecule is CC(Oc1cccc(C(C)(C)C)c1)C(=O)N(C)Cc1nc2ccccc2c(=O)[nH]1. The number of fused-ring (bicyclic) bond motifs is 1. The predicted molar refractivity (Wildman–Crippen MR) is 114 cm³/mol. The average molecular weight is 393 g/mol. The number of rotatable bonds is 5. The summed E-state index contributed by atoms with van der Waals surface area (Å²) in [4.78, 5) is 33.7. The van der Waals surface area contributed by atoms with Crippen LogP contribution in [0.1, 0.15) is 39.1 Å². The molecule has 0 aliphatic carbocycles. The normalized spacial score (nSPS) is 12.6. The Labute approximate surface area is 170 Å². The predicted octanol–water partition coefficient (Wildman–Crippen LogP) is 3.65. The van der Waals surface area contributed by atoms with Crippen LogP contribution in [0, 0.1) is 0 Å². The highest BCUT2D eigenvalue weighted by molar-refractivity contribution is 5.81. The zero-order valence-electron chi connectivity index (χ0n) is 17.5. The van der Waals surface area contributed by atoms with Gasteiger partial charge in [0.25, 0.3) is 11.5 Å². The Bertz CT molecular complexity index is 1080. The van der Waals surface area contributed by atoms with Crippen LogP contribution in [0.5, 0.6) is 5.75 Å². The van der Waals surface area contributed by atoms with Crippen molar-refractivity contribution >= 4 is 16.8 Å². The summed E-state index contributed by atoms with van der Waals surface area (Å²) in [7, 11) is 1.67. The summed E-state index contributed by atoms with van der Waals surface area (Å²) < 4.78 is 5.88. The average Bonchev–Trinajstić information content (AvgIpc) is 2.67. The third-order valence-electron chi connectivity index (χ3n) is 4.79. The number of H-pyrrole nitrogens is 1. The maximum atomic E-state index is 12.8. The fourth-order valence-electron chi connectivity index (χ4n) is 3.11. The van der Waals surface area contributed by atoms with Gasteiger partial charge in [-0.1, -0.05) is 45.0 Å². The number of amides is 1. The van der Waals surface area contributed by atoms with Gasteiger partial charge in [0, 0.05) is 7.05 Å². The molecule has 0 aliphatic heterocycles. The molecular formula is C23H27N3O3. The Morgan fingerprint density at radius 3 is 2.62 bits per heavy atom. The summed E-state index contributed by atoms with van der Waals surface area (Å²) in [6.07, 6.45) is -0.664. The molecule has 1 atom stereocenters. The van der Waals surface area contributed by atoms with Crippen molar-refractivity contribution in [3.63, 3.8) is 0 Å². The number of benzene rings is 2. The van der Waals surface area contributed by atoms with E-state index in [1.165, 1.54) is 4.90 Å². The molecule has 0 saturated heterocycles. The van der Waals surface area contributed by atoms with E-state index in [1.807, 2.05) is 30.3 Å². The number of aromatic nitrogens is 2. The molecule has 3 aromatic rings. The minimum Gasteiger partial charge on any atom is -0.481 e. The Kier molecular flexibility index (Phi) is 5.73. The van der Waals surface area contributed by atoms with E-state index in [1.54, 1.807) is 32.2 Å². The van der Waals surface area contributed by atoms with Crippen molar-refractivity contribution in [1.82, 2.24) is 14.9 Å². The van der Waals surface area contributed by atoms with Crippen LogP contribution in [0.15, 0.2) is 53.3 Å². The lowest BCUT2D eigenvalue weighted by Crippen LogP contribution is -2.38. The molecule has 6 nitrogen and oxygen atoms in total. The van der Waals surface area contributed by atoms with E-state index in [9.17, 15) is 9.59 Å². The first-order valence-electron chi connectivity index (χ1n) is 9.65. The monoisotopic (exact) mass is 393 g/mol. The summed E-state index contributed by atoms with van der Waals surface area (Å²) in [6.45, 7) is 8.30. The number of para-hydroxylation sites is 1. The van der Waals surface area contributed by atoms with Gasteiger partial charge in [0.2, 0.25) is 0 Å². The molecule has 3 rings (SSSR count). The second kappa shape index (κ2) is 8.07. The first-order chi connectivity index (χ1) is 13.6. The lowest BCUT2D eigenvalue weighted by atomic mass is 9.87. The van der Waals surface area contributed by atoms with Gasteiger partial charge in [0.15, 0.2) is 6.10 Å². The third-order valence-corrected chi connectivity index (χ3v) is 4.79. The summed E-state index contributed by atoms with van der Waals surface area (Å²) in [5.74, 6) is 0.900. The van der Waals surface area contributed by atoms with E-state index >= 15 is 0 Å². The van der Waals surface area contributed by atoms with Crippen molar-refractivity contribution in [3.8, 4) is 5.75 Å². The molecule has 0 spiro atoms. The van der Waals surface area contributed by atoms with Crippen LogP contribution in [0.2, 0.25) is 0 Å². The van der Waals surface area contributed by atoms with Crippen molar-refractivity contribution in [2.45, 2.75) is 45.8 Å². The van der Waals surface area contributed by atoms with Crippen molar-refractivity contribution in [2.24, 2.45) is 0 Å². The summed E-state index contributed by atoms with van der Waals surface area (Å²) in [5, 5.41) is 0.528. The Morgan fingerprint density at radius 2 is 1.90 bits per heavy atom. The first-order valence-corrected chi connectivity index (χ1v) is 9.65. The number of hydrogen-bond donors (Lipinski definition) is 1. The van der Waals surface area contributed by atoms with Gasteiger partial charge in [-0.2, -0.15) is 0 Å². The second-order valence-electron chi connectivity index (χ2n) is 8.26. The fraction of sp³-hybridized carbons (Fsp3) is 0.348. The van der Waals surface area contributed by atoms with Gasteiger partial charge in [-0.05, 0) is 42.2 Å². The molecule has 0 radical (unpaired) electrons. The van der Waals surface area contributed by atoms with Crippen LogP contribution in [-0.4, -0.2) is 33.9 Å². The van der Waals surface area contributed by atoms with E-state index in [0.29, 0.717) is 22.5 Å². The highest BCUT2D eigenvalue weighted by atomic mass is 16.5. The van der Waals surface area contributed by atoms with Crippen molar-refractivity contribution in [2.75, 3.05) is 7.05 Å². The molecule has 1 unspecified atom stereocenters. The van der Waals surface area contributed by atoms with Gasteiger partial charge in [0.05, 0.1) is 17.4 Å². The number of carbonyl (C=O) groups is 1. The van der Waals surface area contributed by atoms with E-state index in [0.717, 1.165) is 5.56 Å². The van der Waals surface area contributed by atoms with Crippen LogP contribution in [-0.2, 0) is 16.8 Å². The number of hydrogen-bond acceptors (Lipinski definition) is 4. The highest BCUT2D eigenvalue weighted by Crippen LogP contribution is 2.26. The van der Waals surface area contributed by atoms with Crippen LogP contribution in [0.25, 0.3) is 10.9 Å². The van der Waals surface area contributed by atoms with Crippen LogP contribution in [0.4, 0.5) is 0 Å². The van der Waals surface area contributed by atoms with Crippen molar-refractivity contribution < 1.29 is 9.53 Å². The van der Waals surface area contributed by atoms with E-state index < -0.39 is 6.10 Å². The number of ether oxygens (including phenoxy) is 1. The molecule has 1 aromatic heterocycles. The highest BCUT2D eigenvalue weighted by Gasteiger charge is 2.21. The quantitative estimate of drug-likeness (QED) is 0.718. The Balaban J connectivity index is 1.71. The van der Waals surface area contributed by atoms with Crippen molar-refractivity contribution in [1.29, 1.82) is 0 Å². The Hall–Kier alpha value is -3.15. The van der Waals surface area contributed by atoms with Gasteiger partial charge in [0.1, 0.15) is 11.6 Å². The van der Waals surface area contributed by atoms with Crippen molar-refractivity contribution in [3.05, 3.63) is 70.3 Å². The molecular weight excluding hydrogens is 366 g/mol. The largest absolute Gasteiger partial charge is 0.481 e. The number of nitrogens with one attached hydrogen (secondary N) is 1. The molecule has 6 heteroatoms. The lowest BCUT2D eigenvalue weighted by molar-refractivity contribution is -0.137. The second-order valence-corrected chi connectivity index (χ2v) is 8.26. The molecule has 2 aromatic carbocycles. The van der Waals surface area contributed by atoms with Gasteiger partial charge in [-0.25, -0.2) is 4.98 Å². The molecule has 29 heavy (non-hydrogen) atoms. The van der Waals surface area contributed by atoms with E-state index in [4.69, 9.17) is 4.74 Å². The number of likely N-dealkylation sites (N-methyl/N-ethyl adjacent to an activating group) is 1. The number of nitrogens with zero attached hydrogens (tertiary/aromatic N) is 2. The topological polar surface area (TPSA) is 75.3 Å². The summed E-state index contributed by atoms with van der Waals surface area (Å²) >= 11 is 0. The molecule has 152 valence electrons. The standard InChI is InChI=1S/C23H27N3O3/c1-15(29-17-10-8-9-16(13-17)23(2,3)4)22(28)26(5)14-20-24-19-12-7-6-11-18(19)21(27)25-20/h6-13,15H,14H2,1-5H3,(H,24,25,27). The lowest BCUT2D eigenvalue weighted by Gasteiger charge is -2.23. The van der Waals surface area contributed by atoms with Gasteiger partial charge in [-0.3, -0.25) is 9.59 Å². The van der Waals surface area contributed by atoms with Crippen LogP contribution < -0.4 is 10.3 Å². The third kappa shape index (κ3) is 4.83. The molecule has 0 fully saturated rings. The van der Waals surface area contributed by atoms with Gasteiger partial charge in [-0.15, -0.1) is 0 Å². The fourth-order valence-corrected chi connectivity index (χ4v) is 3.11. The van der Waals surface area contributed by atoms with Crippen LogP contribution >= 0.6 is 0 Å². The molecule has 1 N–H and O–H groups in total. The molecule has 0 bridgehead atoms. The minimum atomic E-state index is -0.664. The minimum absolute atomic E-state index is 0.00294. The maximum Gasteiger partial charge on any atom is 0.263 e. The zero-order valence-corrected chi connectivity index (χ0v) is 17.5. The van der Waals surface area contributed by atoms with Crippen LogP contribution in [0.3, 0.4) is 0 Å².